The van der Waals surface area contributed by atoms with E-state index in [-0.39, 0.29) is 30.1 Å². The van der Waals surface area contributed by atoms with Crippen LogP contribution in [0, 0.1) is 0 Å². The van der Waals surface area contributed by atoms with E-state index in [0.717, 1.165) is 31.9 Å². The Morgan fingerprint density at radius 1 is 1.00 bits per heavy atom. The lowest BCUT2D eigenvalue weighted by atomic mass is 10.0. The van der Waals surface area contributed by atoms with Gasteiger partial charge in [-0.05, 0) is 43.3 Å². The van der Waals surface area contributed by atoms with E-state index in [2.05, 4.69) is 9.80 Å². The van der Waals surface area contributed by atoms with E-state index in [0.29, 0.717) is 22.7 Å². The van der Waals surface area contributed by atoms with E-state index in [1.165, 1.54) is 4.90 Å². The highest BCUT2D eigenvalue weighted by Gasteiger charge is 2.41. The van der Waals surface area contributed by atoms with Crippen LogP contribution in [0.4, 0.5) is 5.69 Å². The first-order valence-electron chi connectivity index (χ1n) is 10.2. The van der Waals surface area contributed by atoms with Crippen LogP contribution in [0.1, 0.15) is 29.3 Å². The normalized spacial score (nSPS) is 20.1. The predicted molar refractivity (Wildman–Crippen MR) is 116 cm³/mol. The van der Waals surface area contributed by atoms with E-state index >= 15 is 0 Å². The molecule has 156 valence electrons. The third-order valence-electron chi connectivity index (χ3n) is 5.87. The molecule has 4 rings (SSSR count). The minimum Gasteiger partial charge on any atom is -0.369 e. The third-order valence-corrected chi connectivity index (χ3v) is 6.11. The largest absolute Gasteiger partial charge is 0.369 e. The van der Waals surface area contributed by atoms with Crippen molar-refractivity contribution >= 4 is 34.9 Å². The van der Waals surface area contributed by atoms with Gasteiger partial charge in [-0.2, -0.15) is 0 Å². The van der Waals surface area contributed by atoms with E-state index in [1.54, 1.807) is 24.3 Å². The Hall–Kier alpha value is -2.70. The summed E-state index contributed by atoms with van der Waals surface area (Å²) in [6.07, 6.45) is 0.285. The number of likely N-dealkylation sites (tertiary alicyclic amines) is 1. The van der Waals surface area contributed by atoms with Crippen LogP contribution in [-0.2, 0) is 9.59 Å². The smallest absolute Gasteiger partial charge is 0.247 e. The highest BCUT2D eigenvalue weighted by atomic mass is 35.5. The number of anilines is 1. The number of carbonyl (C=O) groups excluding carboxylic acids is 3. The standard InChI is InChI=1S/C23H24ClN3O3/c1-2-27-21(28)15-20(23(27)30)26-12-10-25(11-13-26)19-8-6-16(7-9-19)22(29)17-4-3-5-18(24)14-17/h3-9,14,20H,2,10-13,15H2,1H3. The number of rotatable bonds is 5. The highest BCUT2D eigenvalue weighted by molar-refractivity contribution is 6.31. The lowest BCUT2D eigenvalue weighted by molar-refractivity contribution is -0.139. The van der Waals surface area contributed by atoms with Crippen molar-refractivity contribution in [3.8, 4) is 0 Å². The average Bonchev–Trinajstić information content (AvgIpc) is 3.06. The Morgan fingerprint density at radius 2 is 1.70 bits per heavy atom. The van der Waals surface area contributed by atoms with E-state index < -0.39 is 0 Å². The lowest BCUT2D eigenvalue weighted by Gasteiger charge is -2.38. The van der Waals surface area contributed by atoms with Crippen molar-refractivity contribution in [1.29, 1.82) is 0 Å². The van der Waals surface area contributed by atoms with Crippen molar-refractivity contribution < 1.29 is 14.4 Å². The minimum absolute atomic E-state index is 0.0567. The molecule has 0 aliphatic carbocycles. The van der Waals surface area contributed by atoms with Crippen LogP contribution in [0.25, 0.3) is 0 Å². The fourth-order valence-electron chi connectivity index (χ4n) is 4.19. The van der Waals surface area contributed by atoms with E-state index in [1.807, 2.05) is 31.2 Å². The summed E-state index contributed by atoms with van der Waals surface area (Å²) < 4.78 is 0. The highest BCUT2D eigenvalue weighted by Crippen LogP contribution is 2.23. The summed E-state index contributed by atoms with van der Waals surface area (Å²) >= 11 is 5.99. The van der Waals surface area contributed by atoms with Gasteiger partial charge >= 0.3 is 0 Å². The number of ketones is 1. The number of hydrogen-bond donors (Lipinski definition) is 0. The SMILES string of the molecule is CCN1C(=O)CC(N2CCN(c3ccc(C(=O)c4cccc(Cl)c4)cc3)CC2)C1=O. The fourth-order valence-corrected chi connectivity index (χ4v) is 4.39. The lowest BCUT2D eigenvalue weighted by Crippen LogP contribution is -2.52. The molecule has 2 amide bonds. The van der Waals surface area contributed by atoms with E-state index in [4.69, 9.17) is 11.6 Å². The first kappa shape index (κ1) is 20.6. The summed E-state index contributed by atoms with van der Waals surface area (Å²) in [6, 6.07) is 14.2. The molecule has 0 radical (unpaired) electrons. The summed E-state index contributed by atoms with van der Waals surface area (Å²) in [5.41, 5.74) is 2.23. The van der Waals surface area contributed by atoms with Gasteiger partial charge in [0.15, 0.2) is 5.78 Å². The van der Waals surface area contributed by atoms with Crippen molar-refractivity contribution in [2.24, 2.45) is 0 Å². The summed E-state index contributed by atoms with van der Waals surface area (Å²) in [4.78, 5) is 42.8. The molecule has 0 aromatic heterocycles. The molecule has 2 aliphatic rings. The molecule has 2 aromatic carbocycles. The molecular weight excluding hydrogens is 402 g/mol. The van der Waals surface area contributed by atoms with Crippen LogP contribution in [0.2, 0.25) is 5.02 Å². The van der Waals surface area contributed by atoms with Crippen molar-refractivity contribution in [1.82, 2.24) is 9.80 Å². The average molecular weight is 426 g/mol. The number of nitrogens with zero attached hydrogens (tertiary/aromatic N) is 3. The molecule has 0 saturated carbocycles. The number of halogens is 1. The topological polar surface area (TPSA) is 60.9 Å². The van der Waals surface area contributed by atoms with Crippen LogP contribution >= 0.6 is 11.6 Å². The summed E-state index contributed by atoms with van der Waals surface area (Å²) in [5.74, 6) is -0.200. The van der Waals surface area contributed by atoms with Gasteiger partial charge < -0.3 is 4.90 Å². The van der Waals surface area contributed by atoms with Gasteiger partial charge in [0.25, 0.3) is 0 Å². The van der Waals surface area contributed by atoms with Crippen LogP contribution in [0.5, 0.6) is 0 Å². The molecule has 2 aliphatic heterocycles. The molecule has 0 spiro atoms. The van der Waals surface area contributed by atoms with Gasteiger partial charge in [0.05, 0.1) is 12.5 Å². The van der Waals surface area contributed by atoms with Crippen LogP contribution in [0.3, 0.4) is 0 Å². The summed E-state index contributed by atoms with van der Waals surface area (Å²) in [6.45, 7) is 5.26. The van der Waals surface area contributed by atoms with Gasteiger partial charge in [-0.1, -0.05) is 23.7 Å². The number of piperazine rings is 1. The van der Waals surface area contributed by atoms with Crippen LogP contribution in [0.15, 0.2) is 48.5 Å². The Morgan fingerprint density at radius 3 is 2.30 bits per heavy atom. The van der Waals surface area contributed by atoms with Crippen molar-refractivity contribution in [3.63, 3.8) is 0 Å². The number of amides is 2. The first-order valence-corrected chi connectivity index (χ1v) is 10.6. The molecule has 1 atom stereocenters. The van der Waals surface area contributed by atoms with Crippen molar-refractivity contribution in [2.45, 2.75) is 19.4 Å². The minimum atomic E-state index is -0.322. The van der Waals surface area contributed by atoms with Crippen molar-refractivity contribution in [3.05, 3.63) is 64.7 Å². The molecule has 0 N–H and O–H groups in total. The Kier molecular flexibility index (Phi) is 5.88. The molecule has 2 fully saturated rings. The van der Waals surface area contributed by atoms with E-state index in [9.17, 15) is 14.4 Å². The first-order chi connectivity index (χ1) is 14.5. The maximum atomic E-state index is 12.6. The molecule has 2 heterocycles. The zero-order valence-corrected chi connectivity index (χ0v) is 17.6. The zero-order chi connectivity index (χ0) is 21.3. The third kappa shape index (κ3) is 3.98. The molecular formula is C23H24ClN3O3. The molecule has 0 bridgehead atoms. The van der Waals surface area contributed by atoms with Gasteiger partial charge in [-0.25, -0.2) is 0 Å². The fraction of sp³-hybridized carbons (Fsp3) is 0.348. The molecule has 6 nitrogen and oxygen atoms in total. The van der Waals surface area contributed by atoms with Gasteiger partial charge in [-0.3, -0.25) is 24.2 Å². The number of hydrogen-bond acceptors (Lipinski definition) is 5. The number of likely N-dealkylation sites (N-methyl/N-ethyl adjacent to an activating group) is 1. The molecule has 2 saturated heterocycles. The van der Waals surface area contributed by atoms with Gasteiger partial charge in [0, 0.05) is 54.6 Å². The number of carbonyl (C=O) groups is 3. The van der Waals surface area contributed by atoms with Crippen LogP contribution in [-0.4, -0.2) is 66.2 Å². The maximum Gasteiger partial charge on any atom is 0.247 e. The zero-order valence-electron chi connectivity index (χ0n) is 16.9. The van der Waals surface area contributed by atoms with Gasteiger partial charge in [-0.15, -0.1) is 0 Å². The predicted octanol–water partition coefficient (Wildman–Crippen LogP) is 2.84. The maximum absolute atomic E-state index is 12.6. The Bertz CT molecular complexity index is 968. The molecule has 1 unspecified atom stereocenters. The Labute approximate surface area is 181 Å². The second-order valence-corrected chi connectivity index (χ2v) is 8.04. The van der Waals surface area contributed by atoms with Crippen molar-refractivity contribution in [2.75, 3.05) is 37.6 Å². The monoisotopic (exact) mass is 425 g/mol. The Balaban J connectivity index is 1.38. The van der Waals surface area contributed by atoms with Gasteiger partial charge in [0.1, 0.15) is 0 Å². The van der Waals surface area contributed by atoms with Gasteiger partial charge in [0.2, 0.25) is 11.8 Å². The molecule has 7 heteroatoms. The van der Waals surface area contributed by atoms with Crippen LogP contribution < -0.4 is 4.90 Å². The second-order valence-electron chi connectivity index (χ2n) is 7.61. The summed E-state index contributed by atoms with van der Waals surface area (Å²) in [7, 11) is 0. The number of imide groups is 1. The molecule has 30 heavy (non-hydrogen) atoms. The second kappa shape index (κ2) is 8.58. The molecule has 2 aromatic rings. The number of benzene rings is 2. The summed E-state index contributed by atoms with van der Waals surface area (Å²) in [5, 5.41) is 0.542. The quantitative estimate of drug-likeness (QED) is 0.544.